The van der Waals surface area contributed by atoms with E-state index in [9.17, 15) is 28.8 Å². The molecule has 0 aliphatic carbocycles. The van der Waals surface area contributed by atoms with Gasteiger partial charge in [0.05, 0.1) is 16.0 Å². The topological polar surface area (TPSA) is 116 Å². The van der Waals surface area contributed by atoms with Crippen LogP contribution in [0.3, 0.4) is 0 Å². The van der Waals surface area contributed by atoms with Crippen molar-refractivity contribution in [1.29, 1.82) is 0 Å². The molecule has 1 amide bonds. The summed E-state index contributed by atoms with van der Waals surface area (Å²) < 4.78 is 79.8. The Morgan fingerprint density at radius 2 is 1.66 bits per heavy atom. The molecule has 160 valence electrons. The Bertz CT molecular complexity index is 1160. The van der Waals surface area contributed by atoms with Crippen LogP contribution < -0.4 is 11.5 Å². The highest BCUT2D eigenvalue weighted by Crippen LogP contribution is 2.98. The molecule has 12 heteroatoms. The van der Waals surface area contributed by atoms with Crippen LogP contribution in [0.1, 0.15) is 15.9 Å². The molecular weight excluding hydrogens is 434 g/mol. The molecule has 0 aromatic heterocycles. The largest absolute Gasteiger partial charge is 0.370 e. The summed E-state index contributed by atoms with van der Waals surface area (Å²) in [5.74, 6) is -1.45. The third kappa shape index (κ3) is 5.26. The summed E-state index contributed by atoms with van der Waals surface area (Å²) in [5.41, 5.74) is 10.1. The molecule has 0 saturated heterocycles. The van der Waals surface area contributed by atoms with Gasteiger partial charge < -0.3 is 11.5 Å². The Kier molecular flexibility index (Phi) is 4.85. The molecular formula is C17H19F4N3O3S2. The molecule has 0 atom stereocenters. The zero-order valence-corrected chi connectivity index (χ0v) is 17.3. The van der Waals surface area contributed by atoms with E-state index in [1.54, 1.807) is 0 Å². The van der Waals surface area contributed by atoms with Gasteiger partial charge in [-0.2, -0.15) is 4.99 Å². The molecule has 2 rings (SSSR count). The minimum atomic E-state index is -8.49. The first kappa shape index (κ1) is 22.7. The number of carbonyl (C=O) groups is 1. The van der Waals surface area contributed by atoms with Gasteiger partial charge in [-0.1, -0.05) is 12.1 Å². The van der Waals surface area contributed by atoms with E-state index in [2.05, 4.69) is 4.99 Å². The number of aryl methyl sites for hydroxylation is 1. The number of amides is 1. The van der Waals surface area contributed by atoms with Crippen LogP contribution in [0, 0.1) is 6.92 Å². The van der Waals surface area contributed by atoms with E-state index in [4.69, 9.17) is 11.5 Å². The first-order valence-electron chi connectivity index (χ1n) is 7.88. The predicted molar refractivity (Wildman–Crippen MR) is 106 cm³/mol. The number of hydrogen-bond acceptors (Lipinski definition) is 3. The Hall–Kier alpha value is -2.60. The van der Waals surface area contributed by atoms with Crippen LogP contribution >= 0.6 is 9.84 Å². The van der Waals surface area contributed by atoms with Crippen molar-refractivity contribution in [3.05, 3.63) is 47.5 Å². The van der Waals surface area contributed by atoms with Gasteiger partial charge in [-0.3, -0.25) is 4.79 Å². The number of halogens is 4. The van der Waals surface area contributed by atoms with Gasteiger partial charge in [0.15, 0.2) is 25.6 Å². The van der Waals surface area contributed by atoms with Crippen molar-refractivity contribution in [1.82, 2.24) is 0 Å². The maximum atomic E-state index is 13.8. The van der Waals surface area contributed by atoms with Crippen LogP contribution in [-0.2, 0) is 9.84 Å². The predicted octanol–water partition coefficient (Wildman–Crippen LogP) is 3.88. The molecule has 0 spiro atoms. The second kappa shape index (κ2) is 6.20. The van der Waals surface area contributed by atoms with E-state index < -0.39 is 47.6 Å². The molecule has 0 radical (unpaired) electrons. The highest BCUT2D eigenvalue weighted by Gasteiger charge is 2.59. The molecule has 0 saturated carbocycles. The Balaban J connectivity index is 2.84. The molecule has 0 heterocycles. The number of nitrogens with zero attached hydrogens (tertiary/aromatic N) is 1. The van der Waals surface area contributed by atoms with Gasteiger partial charge in [0.2, 0.25) is 0 Å². The van der Waals surface area contributed by atoms with E-state index in [1.807, 2.05) is 0 Å². The van der Waals surface area contributed by atoms with Crippen LogP contribution in [0.2, 0.25) is 0 Å². The van der Waals surface area contributed by atoms with Crippen molar-refractivity contribution in [2.24, 2.45) is 16.5 Å². The summed E-state index contributed by atoms with van der Waals surface area (Å²) >= 11 is 0. The average molecular weight is 453 g/mol. The first-order chi connectivity index (χ1) is 12.8. The quantitative estimate of drug-likeness (QED) is 0.414. The van der Waals surface area contributed by atoms with E-state index in [1.165, 1.54) is 19.1 Å². The standard InChI is InChI=1S/C17H19F4N3O3S2/c1-10-7-14(11-5-4-6-12(8-11)29(3,18,19,20)21)15(28(2,26)27)9-13(10)16(25)24-17(22)23/h4-9H,1-3H3,(H4,22,23,24,25). The molecule has 0 unspecified atom stereocenters. The highest BCUT2D eigenvalue weighted by molar-refractivity contribution is 8.49. The maximum absolute atomic E-state index is 13.8. The van der Waals surface area contributed by atoms with Gasteiger partial charge in [0.1, 0.15) is 0 Å². The fourth-order valence-corrected chi connectivity index (χ4v) is 4.36. The molecule has 0 bridgehead atoms. The zero-order chi connectivity index (χ0) is 22.5. The molecule has 4 N–H and O–H groups in total. The van der Waals surface area contributed by atoms with Crippen LogP contribution in [-0.4, -0.2) is 32.8 Å². The smallest absolute Gasteiger partial charge is 0.280 e. The molecule has 0 aliphatic rings. The lowest BCUT2D eigenvalue weighted by Gasteiger charge is -2.46. The van der Waals surface area contributed by atoms with Crippen molar-refractivity contribution in [2.75, 3.05) is 12.5 Å². The molecule has 6 nitrogen and oxygen atoms in total. The van der Waals surface area contributed by atoms with Crippen molar-refractivity contribution < 1.29 is 28.8 Å². The Morgan fingerprint density at radius 3 is 2.14 bits per heavy atom. The second-order valence-corrected chi connectivity index (χ2v) is 12.2. The number of hydrogen-bond donors (Lipinski definition) is 2. The summed E-state index contributed by atoms with van der Waals surface area (Å²) in [4.78, 5) is 13.6. The van der Waals surface area contributed by atoms with E-state index in [-0.39, 0.29) is 22.3 Å². The van der Waals surface area contributed by atoms with Crippen LogP contribution in [0.4, 0.5) is 15.5 Å². The second-order valence-electron chi connectivity index (χ2n) is 6.78. The van der Waals surface area contributed by atoms with Crippen LogP contribution in [0.15, 0.2) is 51.2 Å². The Morgan fingerprint density at radius 1 is 1.07 bits per heavy atom. The van der Waals surface area contributed by atoms with Crippen molar-refractivity contribution in [3.63, 3.8) is 0 Å². The zero-order valence-electron chi connectivity index (χ0n) is 15.6. The third-order valence-corrected chi connectivity index (χ3v) is 6.50. The third-order valence-electron chi connectivity index (χ3n) is 3.92. The number of carbonyl (C=O) groups excluding carboxylic acids is 1. The van der Waals surface area contributed by atoms with Crippen molar-refractivity contribution in [2.45, 2.75) is 16.7 Å². The molecule has 2 aromatic carbocycles. The highest BCUT2D eigenvalue weighted by atomic mass is 32.5. The summed E-state index contributed by atoms with van der Waals surface area (Å²) in [6, 6.07) is 5.52. The number of guanidine groups is 1. The van der Waals surface area contributed by atoms with Crippen LogP contribution in [0.25, 0.3) is 11.1 Å². The van der Waals surface area contributed by atoms with E-state index in [0.29, 0.717) is 12.1 Å². The van der Waals surface area contributed by atoms with Crippen molar-refractivity contribution in [3.8, 4) is 11.1 Å². The van der Waals surface area contributed by atoms with Gasteiger partial charge >= 0.3 is 0 Å². The lowest BCUT2D eigenvalue weighted by atomic mass is 9.99. The summed E-state index contributed by atoms with van der Waals surface area (Å²) in [5, 5.41) is 0. The lowest BCUT2D eigenvalue weighted by molar-refractivity contribution is 0.100. The number of aliphatic imine (C=N–C) groups is 1. The minimum Gasteiger partial charge on any atom is -0.370 e. The number of benzene rings is 2. The van der Waals surface area contributed by atoms with Crippen LogP contribution in [0.5, 0.6) is 0 Å². The normalized spacial score (nSPS) is 14.6. The summed E-state index contributed by atoms with van der Waals surface area (Å²) in [6.07, 6.45) is 0.411. The maximum Gasteiger partial charge on any atom is 0.280 e. The minimum absolute atomic E-state index is 0.116. The molecule has 2 aromatic rings. The average Bonchev–Trinajstić information content (AvgIpc) is 2.50. The van der Waals surface area contributed by atoms with Crippen molar-refractivity contribution >= 4 is 31.5 Å². The fraction of sp³-hybridized carbons (Fsp3) is 0.176. The summed E-state index contributed by atoms with van der Waals surface area (Å²) in [7, 11) is -12.5. The van der Waals surface area contributed by atoms with E-state index in [0.717, 1.165) is 18.4 Å². The SMILES string of the molecule is Cc1cc(-c2cccc(S(C)(F)(F)(F)F)c2)c(S(C)(=O)=O)cc1C(=O)N=C(N)N. The number of nitrogens with two attached hydrogens (primary N) is 2. The van der Waals surface area contributed by atoms with Gasteiger partial charge in [-0.15, -0.1) is 15.5 Å². The molecule has 0 aliphatic heterocycles. The first-order valence-corrected chi connectivity index (χ1v) is 12.2. The van der Waals surface area contributed by atoms with Gasteiger partial charge in [-0.25, -0.2) is 8.42 Å². The molecule has 0 fully saturated rings. The number of sulfone groups is 1. The van der Waals surface area contributed by atoms with Gasteiger partial charge in [-0.05, 0) is 42.3 Å². The number of rotatable bonds is 4. The fourth-order valence-electron chi connectivity index (χ4n) is 2.61. The van der Waals surface area contributed by atoms with Gasteiger partial charge in [0, 0.05) is 17.4 Å². The Labute approximate surface area is 165 Å². The lowest BCUT2D eigenvalue weighted by Crippen LogP contribution is -2.24. The van der Waals surface area contributed by atoms with Gasteiger partial charge in [0.25, 0.3) is 5.91 Å². The van der Waals surface area contributed by atoms with E-state index >= 15 is 0 Å². The monoisotopic (exact) mass is 453 g/mol. The molecule has 29 heavy (non-hydrogen) atoms. The summed E-state index contributed by atoms with van der Waals surface area (Å²) in [6.45, 7) is 1.43.